The molecule has 1 amide bonds. The molecule has 27 heavy (non-hydrogen) atoms. The van der Waals surface area contributed by atoms with E-state index in [2.05, 4.69) is 15.0 Å². The van der Waals surface area contributed by atoms with Gasteiger partial charge in [-0.15, -0.1) is 0 Å². The Hall–Kier alpha value is -3.42. The van der Waals surface area contributed by atoms with Gasteiger partial charge in [0.2, 0.25) is 0 Å². The third kappa shape index (κ3) is 3.74. The lowest BCUT2D eigenvalue weighted by Gasteiger charge is -2.20. The summed E-state index contributed by atoms with van der Waals surface area (Å²) in [6.45, 7) is 2.46. The van der Waals surface area contributed by atoms with Crippen LogP contribution in [0.1, 0.15) is 23.2 Å². The molecule has 2 heterocycles. The second kappa shape index (κ2) is 7.86. The highest BCUT2D eigenvalue weighted by atomic mass is 16.5. The van der Waals surface area contributed by atoms with Crippen molar-refractivity contribution < 1.29 is 14.3 Å². The number of carbonyl (C=O) groups excluding carboxylic acids is 1. The number of nitrogens with zero attached hydrogens (tertiary/aromatic N) is 3. The summed E-state index contributed by atoms with van der Waals surface area (Å²) in [7, 11) is 3.02. The molecular weight excluding hydrogens is 348 g/mol. The van der Waals surface area contributed by atoms with Crippen molar-refractivity contribution in [3.63, 3.8) is 0 Å². The number of carbonyl (C=O) groups is 1. The predicted molar refractivity (Wildman–Crippen MR) is 100 cm³/mol. The van der Waals surface area contributed by atoms with E-state index in [0.717, 1.165) is 0 Å². The molecule has 0 saturated heterocycles. The lowest BCUT2D eigenvalue weighted by molar-refractivity contribution is 0.0742. The number of amides is 1. The van der Waals surface area contributed by atoms with E-state index in [9.17, 15) is 9.59 Å². The number of hydrogen-bond donors (Lipinski definition) is 1. The van der Waals surface area contributed by atoms with Gasteiger partial charge in [-0.05, 0) is 25.1 Å². The first kappa shape index (κ1) is 18.4. The van der Waals surface area contributed by atoms with Gasteiger partial charge in [-0.25, -0.2) is 4.98 Å². The highest BCUT2D eigenvalue weighted by molar-refractivity contribution is 5.92. The smallest absolute Gasteiger partial charge is 0.272 e. The average molecular weight is 368 g/mol. The summed E-state index contributed by atoms with van der Waals surface area (Å²) < 4.78 is 10.5. The molecule has 0 aliphatic rings. The molecule has 3 rings (SSSR count). The van der Waals surface area contributed by atoms with Gasteiger partial charge in [0.05, 0.1) is 31.7 Å². The summed E-state index contributed by atoms with van der Waals surface area (Å²) >= 11 is 0. The molecule has 3 aromatic rings. The summed E-state index contributed by atoms with van der Waals surface area (Å²) in [4.78, 5) is 37.9. The van der Waals surface area contributed by atoms with E-state index in [1.165, 1.54) is 14.2 Å². The Bertz CT molecular complexity index is 1020. The summed E-state index contributed by atoms with van der Waals surface area (Å²) in [6.07, 6.45) is 1.57. The number of aromatic nitrogens is 3. The third-order valence-corrected chi connectivity index (χ3v) is 4.15. The lowest BCUT2D eigenvalue weighted by atomic mass is 10.2. The van der Waals surface area contributed by atoms with Gasteiger partial charge in [-0.2, -0.15) is 0 Å². The molecule has 8 nitrogen and oxygen atoms in total. The minimum atomic E-state index is -0.308. The van der Waals surface area contributed by atoms with Gasteiger partial charge < -0.3 is 19.4 Å². The molecule has 0 saturated carbocycles. The molecule has 140 valence electrons. The number of H-pyrrole nitrogens is 1. The Balaban J connectivity index is 1.96. The summed E-state index contributed by atoms with van der Waals surface area (Å²) in [5.74, 6) is 1.08. The SMILES string of the molecule is CCN(Cc1nc2cc(OC)c(OC)cc2c(=O)[nH]1)C(=O)c1ccccn1. The van der Waals surface area contributed by atoms with Crippen LogP contribution in [0.25, 0.3) is 10.9 Å². The van der Waals surface area contributed by atoms with Gasteiger partial charge >= 0.3 is 0 Å². The summed E-state index contributed by atoms with van der Waals surface area (Å²) in [6, 6.07) is 8.38. The van der Waals surface area contributed by atoms with Crippen LogP contribution >= 0.6 is 0 Å². The maximum atomic E-state index is 12.6. The van der Waals surface area contributed by atoms with Crippen molar-refractivity contribution in [2.24, 2.45) is 0 Å². The minimum absolute atomic E-state index is 0.158. The number of rotatable bonds is 6. The standard InChI is InChI=1S/C19H20N4O4/c1-4-23(19(25)13-7-5-6-8-20-13)11-17-21-14-10-16(27-3)15(26-2)9-12(14)18(24)22-17/h5-10H,4,11H2,1-3H3,(H,21,22,24). The molecule has 1 N–H and O–H groups in total. The van der Waals surface area contributed by atoms with Gasteiger partial charge in [-0.3, -0.25) is 14.6 Å². The second-order valence-corrected chi connectivity index (χ2v) is 5.77. The second-order valence-electron chi connectivity index (χ2n) is 5.77. The number of fused-ring (bicyclic) bond motifs is 1. The van der Waals surface area contributed by atoms with Crippen LogP contribution in [0.2, 0.25) is 0 Å². The number of ether oxygens (including phenoxy) is 2. The summed E-state index contributed by atoms with van der Waals surface area (Å²) in [5, 5.41) is 0.385. The number of hydrogen-bond acceptors (Lipinski definition) is 6. The van der Waals surface area contributed by atoms with Gasteiger partial charge in [0.25, 0.3) is 11.5 Å². The predicted octanol–water partition coefficient (Wildman–Crippen LogP) is 2.00. The van der Waals surface area contributed by atoms with Crippen LogP contribution in [0, 0.1) is 0 Å². The van der Waals surface area contributed by atoms with Gasteiger partial charge in [0.15, 0.2) is 11.5 Å². The zero-order valence-corrected chi connectivity index (χ0v) is 15.4. The van der Waals surface area contributed by atoms with Crippen LogP contribution in [-0.2, 0) is 6.54 Å². The van der Waals surface area contributed by atoms with E-state index < -0.39 is 0 Å². The molecule has 0 radical (unpaired) electrons. The van der Waals surface area contributed by atoms with Crippen molar-refractivity contribution in [1.29, 1.82) is 0 Å². The van der Waals surface area contributed by atoms with Crippen molar-refractivity contribution in [3.05, 3.63) is 58.4 Å². The van der Waals surface area contributed by atoms with E-state index in [1.807, 2.05) is 6.92 Å². The normalized spacial score (nSPS) is 10.6. The van der Waals surface area contributed by atoms with Crippen molar-refractivity contribution in [1.82, 2.24) is 19.9 Å². The van der Waals surface area contributed by atoms with Crippen molar-refractivity contribution in [2.45, 2.75) is 13.5 Å². The number of aromatic amines is 1. The Kier molecular flexibility index (Phi) is 5.35. The van der Waals surface area contributed by atoms with Crippen LogP contribution in [0.4, 0.5) is 0 Å². The fourth-order valence-corrected chi connectivity index (χ4v) is 2.75. The number of nitrogens with one attached hydrogen (secondary N) is 1. The molecule has 0 bridgehead atoms. The van der Waals surface area contributed by atoms with Gasteiger partial charge in [0, 0.05) is 18.8 Å². The van der Waals surface area contributed by atoms with Crippen LogP contribution in [-0.4, -0.2) is 46.5 Å². The molecule has 1 aromatic carbocycles. The first-order chi connectivity index (χ1) is 13.1. The summed E-state index contributed by atoms with van der Waals surface area (Å²) in [5.41, 5.74) is 0.499. The quantitative estimate of drug-likeness (QED) is 0.715. The Morgan fingerprint density at radius 1 is 1.19 bits per heavy atom. The highest BCUT2D eigenvalue weighted by Gasteiger charge is 2.18. The molecule has 2 aromatic heterocycles. The molecule has 8 heteroatoms. The van der Waals surface area contributed by atoms with E-state index >= 15 is 0 Å². The van der Waals surface area contributed by atoms with Gasteiger partial charge in [0.1, 0.15) is 11.5 Å². The zero-order valence-electron chi connectivity index (χ0n) is 15.4. The Labute approximate surface area is 155 Å². The molecule has 0 aliphatic heterocycles. The topological polar surface area (TPSA) is 97.4 Å². The lowest BCUT2D eigenvalue weighted by Crippen LogP contribution is -2.32. The van der Waals surface area contributed by atoms with E-state index in [0.29, 0.717) is 40.5 Å². The Morgan fingerprint density at radius 3 is 2.56 bits per heavy atom. The van der Waals surface area contributed by atoms with Gasteiger partial charge in [-0.1, -0.05) is 6.07 Å². The van der Waals surface area contributed by atoms with Crippen LogP contribution in [0.15, 0.2) is 41.3 Å². The number of benzene rings is 1. The molecular formula is C19H20N4O4. The third-order valence-electron chi connectivity index (χ3n) is 4.15. The first-order valence-electron chi connectivity index (χ1n) is 8.42. The maximum Gasteiger partial charge on any atom is 0.272 e. The zero-order chi connectivity index (χ0) is 19.4. The molecule has 0 aliphatic carbocycles. The minimum Gasteiger partial charge on any atom is -0.493 e. The fourth-order valence-electron chi connectivity index (χ4n) is 2.75. The average Bonchev–Trinajstić information content (AvgIpc) is 2.71. The van der Waals surface area contributed by atoms with E-state index in [4.69, 9.17) is 9.47 Å². The highest BCUT2D eigenvalue weighted by Crippen LogP contribution is 2.29. The van der Waals surface area contributed by atoms with E-state index in [-0.39, 0.29) is 18.0 Å². The van der Waals surface area contributed by atoms with Crippen molar-refractivity contribution in [3.8, 4) is 11.5 Å². The molecule has 0 unspecified atom stereocenters. The molecule has 0 atom stereocenters. The Morgan fingerprint density at radius 2 is 1.93 bits per heavy atom. The molecule has 0 fully saturated rings. The van der Waals surface area contributed by atoms with Crippen molar-refractivity contribution >= 4 is 16.8 Å². The first-order valence-corrected chi connectivity index (χ1v) is 8.42. The van der Waals surface area contributed by atoms with Crippen LogP contribution in [0.5, 0.6) is 11.5 Å². The maximum absolute atomic E-state index is 12.6. The van der Waals surface area contributed by atoms with E-state index in [1.54, 1.807) is 41.4 Å². The largest absolute Gasteiger partial charge is 0.493 e. The van der Waals surface area contributed by atoms with Crippen molar-refractivity contribution in [2.75, 3.05) is 20.8 Å². The number of methoxy groups -OCH3 is 2. The monoisotopic (exact) mass is 368 g/mol. The number of pyridine rings is 1. The fraction of sp³-hybridized carbons (Fsp3) is 0.263. The molecule has 0 spiro atoms. The van der Waals surface area contributed by atoms with Crippen LogP contribution < -0.4 is 15.0 Å². The van der Waals surface area contributed by atoms with Crippen LogP contribution in [0.3, 0.4) is 0 Å².